The number of methoxy groups -OCH3 is 1. The second-order valence-corrected chi connectivity index (χ2v) is 5.78. The first-order chi connectivity index (χ1) is 9.51. The van der Waals surface area contributed by atoms with Crippen molar-refractivity contribution in [3.63, 3.8) is 0 Å². The molecule has 0 aliphatic carbocycles. The van der Waals surface area contributed by atoms with Gasteiger partial charge < -0.3 is 10.5 Å². The maximum Gasteiger partial charge on any atom is 0.127 e. The zero-order valence-electron chi connectivity index (χ0n) is 10.9. The predicted molar refractivity (Wildman–Crippen MR) is 82.7 cm³/mol. The van der Waals surface area contributed by atoms with Crippen molar-refractivity contribution in [1.29, 1.82) is 0 Å². The molecule has 1 unspecified atom stereocenters. The lowest BCUT2D eigenvalue weighted by atomic mass is 9.98. The summed E-state index contributed by atoms with van der Waals surface area (Å²) in [6, 6.07) is 9.86. The molecule has 2 aromatic carbocycles. The van der Waals surface area contributed by atoms with E-state index in [-0.39, 0.29) is 11.9 Å². The molecule has 0 aliphatic rings. The summed E-state index contributed by atoms with van der Waals surface area (Å²) >= 11 is 9.12. The van der Waals surface area contributed by atoms with Crippen molar-refractivity contribution in [3.05, 3.63) is 62.8 Å². The molecule has 2 aromatic rings. The van der Waals surface area contributed by atoms with Crippen molar-refractivity contribution in [3.8, 4) is 5.75 Å². The number of hydrogen-bond acceptors (Lipinski definition) is 2. The second kappa shape index (κ2) is 6.57. The molecule has 106 valence electrons. The summed E-state index contributed by atoms with van der Waals surface area (Å²) in [5.41, 5.74) is 7.54. The van der Waals surface area contributed by atoms with Gasteiger partial charge in [0.15, 0.2) is 0 Å². The molecule has 0 radical (unpaired) electrons. The van der Waals surface area contributed by atoms with E-state index in [9.17, 15) is 4.39 Å². The van der Waals surface area contributed by atoms with Gasteiger partial charge in [-0.25, -0.2) is 4.39 Å². The van der Waals surface area contributed by atoms with Gasteiger partial charge in [0, 0.05) is 21.1 Å². The lowest BCUT2D eigenvalue weighted by molar-refractivity contribution is 0.405. The lowest BCUT2D eigenvalue weighted by Gasteiger charge is -2.16. The molecule has 2 nitrogen and oxygen atoms in total. The number of hydrogen-bond donors (Lipinski definition) is 1. The van der Waals surface area contributed by atoms with E-state index in [0.29, 0.717) is 22.8 Å². The van der Waals surface area contributed by atoms with Crippen molar-refractivity contribution < 1.29 is 9.13 Å². The van der Waals surface area contributed by atoms with Crippen LogP contribution in [0, 0.1) is 5.82 Å². The zero-order chi connectivity index (χ0) is 14.7. The van der Waals surface area contributed by atoms with Gasteiger partial charge in [0.1, 0.15) is 11.6 Å². The standard InChI is InChI=1S/C15H14BrClFNO/c1-20-15-7-10(16)3-5-12(15)14(19)6-9-2-4-11(17)8-13(9)18/h2-5,7-8,14H,6,19H2,1H3. The Bertz CT molecular complexity index is 621. The Kier molecular flexibility index (Phi) is 5.02. The van der Waals surface area contributed by atoms with Crippen molar-refractivity contribution >= 4 is 27.5 Å². The summed E-state index contributed by atoms with van der Waals surface area (Å²) in [5, 5.41) is 0.376. The molecular weight excluding hydrogens is 345 g/mol. The minimum atomic E-state index is -0.353. The van der Waals surface area contributed by atoms with Gasteiger partial charge in [0.05, 0.1) is 7.11 Å². The Morgan fingerprint density at radius 1 is 1.30 bits per heavy atom. The van der Waals surface area contributed by atoms with Crippen LogP contribution in [0.15, 0.2) is 40.9 Å². The van der Waals surface area contributed by atoms with E-state index in [2.05, 4.69) is 15.9 Å². The van der Waals surface area contributed by atoms with Crippen molar-refractivity contribution in [1.82, 2.24) is 0 Å². The molecule has 0 spiro atoms. The van der Waals surface area contributed by atoms with Crippen LogP contribution in [0.4, 0.5) is 4.39 Å². The van der Waals surface area contributed by atoms with Crippen molar-refractivity contribution in [2.75, 3.05) is 7.11 Å². The molecule has 0 aromatic heterocycles. The van der Waals surface area contributed by atoms with Crippen LogP contribution < -0.4 is 10.5 Å². The number of benzene rings is 2. The largest absolute Gasteiger partial charge is 0.496 e. The fourth-order valence-corrected chi connectivity index (χ4v) is 2.52. The maximum atomic E-state index is 13.8. The molecule has 20 heavy (non-hydrogen) atoms. The topological polar surface area (TPSA) is 35.2 Å². The Labute approximate surface area is 130 Å². The van der Waals surface area contributed by atoms with E-state index >= 15 is 0 Å². The molecule has 0 fully saturated rings. The van der Waals surface area contributed by atoms with E-state index in [1.807, 2.05) is 18.2 Å². The molecule has 0 bridgehead atoms. The van der Waals surface area contributed by atoms with Crippen LogP contribution in [0.5, 0.6) is 5.75 Å². The van der Waals surface area contributed by atoms with Crippen LogP contribution in [0.3, 0.4) is 0 Å². The van der Waals surface area contributed by atoms with Crippen LogP contribution in [0.25, 0.3) is 0 Å². The van der Waals surface area contributed by atoms with Crippen LogP contribution in [0.2, 0.25) is 5.02 Å². The first kappa shape index (κ1) is 15.3. The van der Waals surface area contributed by atoms with Crippen molar-refractivity contribution in [2.24, 2.45) is 5.73 Å². The van der Waals surface area contributed by atoms with Crippen LogP contribution >= 0.6 is 27.5 Å². The van der Waals surface area contributed by atoms with Gasteiger partial charge in [-0.1, -0.05) is 39.7 Å². The SMILES string of the molecule is COc1cc(Br)ccc1C(N)Cc1ccc(Cl)cc1F. The maximum absolute atomic E-state index is 13.8. The summed E-state index contributed by atoms with van der Waals surface area (Å²) < 4.78 is 20.0. The molecule has 1 atom stereocenters. The molecule has 0 saturated carbocycles. The zero-order valence-corrected chi connectivity index (χ0v) is 13.2. The number of ether oxygens (including phenoxy) is 1. The summed E-state index contributed by atoms with van der Waals surface area (Å²) in [6.45, 7) is 0. The van der Waals surface area contributed by atoms with E-state index in [4.69, 9.17) is 22.1 Å². The van der Waals surface area contributed by atoms with E-state index in [1.54, 1.807) is 19.2 Å². The Morgan fingerprint density at radius 3 is 2.70 bits per heavy atom. The molecule has 0 heterocycles. The lowest BCUT2D eigenvalue weighted by Crippen LogP contribution is -2.15. The monoisotopic (exact) mass is 357 g/mol. The number of rotatable bonds is 4. The van der Waals surface area contributed by atoms with E-state index in [1.165, 1.54) is 6.07 Å². The summed E-state index contributed by atoms with van der Waals surface area (Å²) in [5.74, 6) is 0.338. The highest BCUT2D eigenvalue weighted by Crippen LogP contribution is 2.30. The Hall–Kier alpha value is -1.10. The van der Waals surface area contributed by atoms with E-state index in [0.717, 1.165) is 10.0 Å². The highest BCUT2D eigenvalue weighted by atomic mass is 79.9. The van der Waals surface area contributed by atoms with Crippen molar-refractivity contribution in [2.45, 2.75) is 12.5 Å². The summed E-state index contributed by atoms with van der Waals surface area (Å²) in [6.07, 6.45) is 0.376. The third-order valence-electron chi connectivity index (χ3n) is 3.05. The molecule has 2 N–H and O–H groups in total. The van der Waals surface area contributed by atoms with Crippen LogP contribution in [-0.4, -0.2) is 7.11 Å². The number of nitrogens with two attached hydrogens (primary N) is 1. The molecule has 0 amide bonds. The van der Waals surface area contributed by atoms with E-state index < -0.39 is 0 Å². The smallest absolute Gasteiger partial charge is 0.127 e. The fourth-order valence-electron chi connectivity index (χ4n) is 2.03. The highest BCUT2D eigenvalue weighted by Gasteiger charge is 2.15. The third kappa shape index (κ3) is 3.51. The highest BCUT2D eigenvalue weighted by molar-refractivity contribution is 9.10. The average Bonchev–Trinajstić information content (AvgIpc) is 2.41. The first-order valence-electron chi connectivity index (χ1n) is 6.04. The van der Waals surface area contributed by atoms with Gasteiger partial charge in [-0.05, 0) is 36.2 Å². The van der Waals surface area contributed by atoms with Gasteiger partial charge >= 0.3 is 0 Å². The van der Waals surface area contributed by atoms with Gasteiger partial charge in [0.2, 0.25) is 0 Å². The Morgan fingerprint density at radius 2 is 2.05 bits per heavy atom. The normalized spacial score (nSPS) is 12.2. The molecule has 0 aliphatic heterocycles. The van der Waals surface area contributed by atoms with Crippen LogP contribution in [-0.2, 0) is 6.42 Å². The number of halogens is 3. The minimum Gasteiger partial charge on any atom is -0.496 e. The summed E-state index contributed by atoms with van der Waals surface area (Å²) in [4.78, 5) is 0. The predicted octanol–water partition coefficient (Wildman–Crippen LogP) is 4.49. The molecular formula is C15H14BrClFNO. The average molecular weight is 359 g/mol. The fraction of sp³-hybridized carbons (Fsp3) is 0.200. The van der Waals surface area contributed by atoms with Gasteiger partial charge in [-0.15, -0.1) is 0 Å². The molecule has 0 saturated heterocycles. The molecule has 5 heteroatoms. The molecule has 2 rings (SSSR count). The first-order valence-corrected chi connectivity index (χ1v) is 7.21. The minimum absolute atomic E-state index is 0.343. The summed E-state index contributed by atoms with van der Waals surface area (Å²) in [7, 11) is 1.58. The van der Waals surface area contributed by atoms with Gasteiger partial charge in [-0.3, -0.25) is 0 Å². The second-order valence-electron chi connectivity index (χ2n) is 4.43. The third-order valence-corrected chi connectivity index (χ3v) is 3.78. The van der Waals surface area contributed by atoms with Gasteiger partial charge in [-0.2, -0.15) is 0 Å². The van der Waals surface area contributed by atoms with Crippen LogP contribution in [0.1, 0.15) is 17.2 Å². The quantitative estimate of drug-likeness (QED) is 0.874. The Balaban J connectivity index is 2.25. The van der Waals surface area contributed by atoms with Gasteiger partial charge in [0.25, 0.3) is 0 Å².